The number of H-pyrrole nitrogens is 1. The van der Waals surface area contributed by atoms with Crippen LogP contribution >= 0.6 is 0 Å². The largest absolute Gasteiger partial charge is 0.301 e. The third kappa shape index (κ3) is 0.639. The highest BCUT2D eigenvalue weighted by Crippen LogP contribution is 2.14. The lowest BCUT2D eigenvalue weighted by atomic mass is 10.2. The zero-order chi connectivity index (χ0) is 6.97. The SMILES string of the molecule is [NH]c1ccc2[nH]ncc2c1. The summed E-state index contributed by atoms with van der Waals surface area (Å²) in [5, 5.41) is 7.64. The van der Waals surface area contributed by atoms with Gasteiger partial charge in [-0.3, -0.25) is 5.10 Å². The van der Waals surface area contributed by atoms with Crippen LogP contribution in [-0.4, -0.2) is 10.2 Å². The van der Waals surface area contributed by atoms with Crippen LogP contribution in [0.4, 0.5) is 5.69 Å². The van der Waals surface area contributed by atoms with Gasteiger partial charge in [-0.05, 0) is 18.2 Å². The number of benzene rings is 1. The molecule has 1 heterocycles. The molecule has 0 fully saturated rings. The van der Waals surface area contributed by atoms with Crippen molar-refractivity contribution < 1.29 is 0 Å². The molecule has 0 saturated heterocycles. The first-order valence-electron chi connectivity index (χ1n) is 3.01. The van der Waals surface area contributed by atoms with Crippen molar-refractivity contribution in [1.82, 2.24) is 15.9 Å². The zero-order valence-corrected chi connectivity index (χ0v) is 5.26. The minimum Gasteiger partial charge on any atom is -0.301 e. The summed E-state index contributed by atoms with van der Waals surface area (Å²) in [6, 6.07) is 5.37. The van der Waals surface area contributed by atoms with E-state index in [4.69, 9.17) is 5.73 Å². The molecule has 0 saturated carbocycles. The van der Waals surface area contributed by atoms with Gasteiger partial charge >= 0.3 is 0 Å². The number of aromatic nitrogens is 2. The highest BCUT2D eigenvalue weighted by Gasteiger charge is 1.93. The van der Waals surface area contributed by atoms with Gasteiger partial charge in [-0.15, -0.1) is 0 Å². The summed E-state index contributed by atoms with van der Waals surface area (Å²) in [7, 11) is 0. The Morgan fingerprint density at radius 1 is 1.40 bits per heavy atom. The monoisotopic (exact) mass is 132 g/mol. The highest BCUT2D eigenvalue weighted by molar-refractivity contribution is 5.80. The van der Waals surface area contributed by atoms with Crippen molar-refractivity contribution in [3.05, 3.63) is 24.4 Å². The molecule has 10 heavy (non-hydrogen) atoms. The number of fused-ring (bicyclic) bond motifs is 1. The van der Waals surface area contributed by atoms with E-state index in [0.29, 0.717) is 5.69 Å². The van der Waals surface area contributed by atoms with E-state index in [-0.39, 0.29) is 0 Å². The number of aromatic amines is 1. The number of hydrogen-bond donors (Lipinski definition) is 1. The summed E-state index contributed by atoms with van der Waals surface area (Å²) in [5.74, 6) is 0. The predicted molar refractivity (Wildman–Crippen MR) is 38.9 cm³/mol. The van der Waals surface area contributed by atoms with Crippen molar-refractivity contribution in [3.8, 4) is 0 Å². The molecule has 0 aliphatic rings. The Bertz CT molecular complexity index is 350. The van der Waals surface area contributed by atoms with Crippen molar-refractivity contribution in [2.45, 2.75) is 0 Å². The first kappa shape index (κ1) is 5.29. The maximum Gasteiger partial charge on any atom is 0.0651 e. The van der Waals surface area contributed by atoms with Crippen LogP contribution in [0.2, 0.25) is 0 Å². The molecular weight excluding hydrogens is 126 g/mol. The van der Waals surface area contributed by atoms with E-state index in [9.17, 15) is 0 Å². The maximum absolute atomic E-state index is 7.27. The second-order valence-electron chi connectivity index (χ2n) is 2.17. The van der Waals surface area contributed by atoms with Gasteiger partial charge in [0.15, 0.2) is 0 Å². The summed E-state index contributed by atoms with van der Waals surface area (Å²) < 4.78 is 0. The molecule has 49 valence electrons. The van der Waals surface area contributed by atoms with E-state index in [1.807, 2.05) is 6.07 Å². The summed E-state index contributed by atoms with van der Waals surface area (Å²) in [6.07, 6.45) is 1.72. The van der Waals surface area contributed by atoms with E-state index < -0.39 is 0 Å². The molecule has 2 rings (SSSR count). The molecule has 0 aliphatic heterocycles. The molecule has 0 amide bonds. The summed E-state index contributed by atoms with van der Waals surface area (Å²) in [6.45, 7) is 0. The standard InChI is InChI=1S/C7H6N3/c8-6-1-2-7-5(3-6)4-9-10-7/h1-4,8H,(H,9,10). The fraction of sp³-hybridized carbons (Fsp3) is 0. The topological polar surface area (TPSA) is 52.5 Å². The van der Waals surface area contributed by atoms with Crippen molar-refractivity contribution in [2.75, 3.05) is 0 Å². The second kappa shape index (κ2) is 1.73. The minimum absolute atomic E-state index is 0.522. The van der Waals surface area contributed by atoms with Crippen LogP contribution in [0.15, 0.2) is 24.4 Å². The molecule has 0 aliphatic carbocycles. The van der Waals surface area contributed by atoms with Gasteiger partial charge in [-0.2, -0.15) is 5.10 Å². The third-order valence-corrected chi connectivity index (χ3v) is 1.44. The van der Waals surface area contributed by atoms with Gasteiger partial charge in [0.2, 0.25) is 0 Å². The van der Waals surface area contributed by atoms with Crippen molar-refractivity contribution >= 4 is 16.6 Å². The van der Waals surface area contributed by atoms with Crippen LogP contribution in [0, 0.1) is 0 Å². The Hall–Kier alpha value is -1.51. The van der Waals surface area contributed by atoms with Gasteiger partial charge in [0.05, 0.1) is 17.4 Å². The zero-order valence-electron chi connectivity index (χ0n) is 5.26. The van der Waals surface area contributed by atoms with Crippen LogP contribution in [0.3, 0.4) is 0 Å². The Balaban J connectivity index is 2.86. The molecule has 0 atom stereocenters. The summed E-state index contributed by atoms with van der Waals surface area (Å²) >= 11 is 0. The molecule has 3 heteroatoms. The molecule has 0 unspecified atom stereocenters. The number of nitrogens with one attached hydrogen (secondary N) is 2. The first-order chi connectivity index (χ1) is 4.86. The number of nitrogens with zero attached hydrogens (tertiary/aromatic N) is 1. The summed E-state index contributed by atoms with van der Waals surface area (Å²) in [4.78, 5) is 0. The van der Waals surface area contributed by atoms with Gasteiger partial charge in [-0.25, -0.2) is 0 Å². The summed E-state index contributed by atoms with van der Waals surface area (Å²) in [5.41, 5.74) is 8.78. The van der Waals surface area contributed by atoms with Crippen molar-refractivity contribution in [1.29, 1.82) is 0 Å². The van der Waals surface area contributed by atoms with E-state index in [1.165, 1.54) is 0 Å². The molecule has 3 nitrogen and oxygen atoms in total. The third-order valence-electron chi connectivity index (χ3n) is 1.44. The van der Waals surface area contributed by atoms with Gasteiger partial charge < -0.3 is 5.73 Å². The average Bonchev–Trinajstić information content (AvgIpc) is 2.33. The molecule has 1 radical (unpaired) electrons. The normalized spacial score (nSPS) is 10.4. The molecule has 1 aromatic carbocycles. The smallest absolute Gasteiger partial charge is 0.0651 e. The fourth-order valence-corrected chi connectivity index (χ4v) is 0.943. The van der Waals surface area contributed by atoms with Crippen LogP contribution in [-0.2, 0) is 0 Å². The molecule has 2 aromatic rings. The van der Waals surface area contributed by atoms with E-state index in [0.717, 1.165) is 10.9 Å². The van der Waals surface area contributed by atoms with Gasteiger partial charge in [0, 0.05) is 5.39 Å². The lowest BCUT2D eigenvalue weighted by Crippen LogP contribution is -1.69. The van der Waals surface area contributed by atoms with Crippen molar-refractivity contribution in [3.63, 3.8) is 0 Å². The molecule has 1 aromatic heterocycles. The Morgan fingerprint density at radius 3 is 3.20 bits per heavy atom. The highest BCUT2D eigenvalue weighted by atomic mass is 15.1. The average molecular weight is 132 g/mol. The Morgan fingerprint density at radius 2 is 2.30 bits per heavy atom. The van der Waals surface area contributed by atoms with Crippen molar-refractivity contribution in [2.24, 2.45) is 0 Å². The number of hydrogen-bond acceptors (Lipinski definition) is 1. The van der Waals surface area contributed by atoms with Gasteiger partial charge in [0.1, 0.15) is 0 Å². The van der Waals surface area contributed by atoms with Gasteiger partial charge in [-0.1, -0.05) is 0 Å². The minimum atomic E-state index is 0.522. The van der Waals surface area contributed by atoms with Crippen LogP contribution in [0.1, 0.15) is 0 Å². The van der Waals surface area contributed by atoms with E-state index in [2.05, 4.69) is 10.2 Å². The Kier molecular flexibility index (Phi) is 0.917. The molecule has 0 bridgehead atoms. The molecule has 0 spiro atoms. The quantitative estimate of drug-likeness (QED) is 0.579. The lowest BCUT2D eigenvalue weighted by Gasteiger charge is -1.88. The molecule has 2 N–H and O–H groups in total. The lowest BCUT2D eigenvalue weighted by molar-refractivity contribution is 1.12. The fourth-order valence-electron chi connectivity index (χ4n) is 0.943. The van der Waals surface area contributed by atoms with E-state index in [1.54, 1.807) is 18.3 Å². The van der Waals surface area contributed by atoms with E-state index >= 15 is 0 Å². The van der Waals surface area contributed by atoms with Gasteiger partial charge in [0.25, 0.3) is 0 Å². The Labute approximate surface area is 57.9 Å². The van der Waals surface area contributed by atoms with Crippen LogP contribution in [0.5, 0.6) is 0 Å². The molecular formula is C7H6N3. The predicted octanol–water partition coefficient (Wildman–Crippen LogP) is 1.48. The number of rotatable bonds is 0. The second-order valence-corrected chi connectivity index (χ2v) is 2.17. The van der Waals surface area contributed by atoms with Crippen LogP contribution in [0.25, 0.3) is 10.9 Å². The first-order valence-corrected chi connectivity index (χ1v) is 3.01. The van der Waals surface area contributed by atoms with Crippen LogP contribution < -0.4 is 5.73 Å². The maximum atomic E-state index is 7.27.